The average Bonchev–Trinajstić information content (AvgIpc) is 2.44. The van der Waals surface area contributed by atoms with E-state index >= 15 is 0 Å². The van der Waals surface area contributed by atoms with Crippen molar-refractivity contribution in [2.45, 2.75) is 32.2 Å². The summed E-state index contributed by atoms with van der Waals surface area (Å²) < 4.78 is 13.5. The first-order chi connectivity index (χ1) is 9.46. The highest BCUT2D eigenvalue weighted by Crippen LogP contribution is 2.36. The van der Waals surface area contributed by atoms with Gasteiger partial charge in [0.05, 0.1) is 0 Å². The minimum Gasteiger partial charge on any atom is -0.312 e. The van der Waals surface area contributed by atoms with E-state index < -0.39 is 0 Å². The summed E-state index contributed by atoms with van der Waals surface area (Å²) in [6.45, 7) is 6.23. The molecule has 1 nitrogen and oxygen atoms in total. The van der Waals surface area contributed by atoms with E-state index in [2.05, 4.69) is 43.4 Å². The van der Waals surface area contributed by atoms with Gasteiger partial charge in [0, 0.05) is 11.5 Å². The fourth-order valence-corrected chi connectivity index (χ4v) is 2.83. The van der Waals surface area contributed by atoms with E-state index in [-0.39, 0.29) is 17.3 Å². The molecule has 0 radical (unpaired) electrons. The van der Waals surface area contributed by atoms with Crippen LogP contribution in [0.5, 0.6) is 0 Å². The van der Waals surface area contributed by atoms with Gasteiger partial charge in [-0.3, -0.25) is 0 Å². The smallest absolute Gasteiger partial charge is 0.126 e. The van der Waals surface area contributed by atoms with E-state index in [1.54, 1.807) is 13.0 Å². The number of likely N-dealkylation sites (N-methyl/N-ethyl adjacent to an activating group) is 1. The van der Waals surface area contributed by atoms with Crippen LogP contribution in [0, 0.1) is 12.7 Å². The van der Waals surface area contributed by atoms with Gasteiger partial charge in [-0.25, -0.2) is 4.39 Å². The molecular weight excluding hydrogens is 249 g/mol. The Morgan fingerprint density at radius 1 is 1.05 bits per heavy atom. The average molecular weight is 271 g/mol. The molecule has 0 fully saturated rings. The first kappa shape index (κ1) is 14.7. The number of benzene rings is 2. The third-order valence-corrected chi connectivity index (χ3v) is 4.04. The zero-order valence-corrected chi connectivity index (χ0v) is 12.6. The quantitative estimate of drug-likeness (QED) is 0.870. The monoisotopic (exact) mass is 271 g/mol. The molecule has 0 aliphatic rings. The largest absolute Gasteiger partial charge is 0.312 e. The lowest BCUT2D eigenvalue weighted by Gasteiger charge is -2.35. The first-order valence-electron chi connectivity index (χ1n) is 6.95. The number of rotatable bonds is 4. The van der Waals surface area contributed by atoms with Crippen LogP contribution in [0.2, 0.25) is 0 Å². The van der Waals surface area contributed by atoms with Gasteiger partial charge in [0.1, 0.15) is 5.82 Å². The molecule has 0 saturated heterocycles. The van der Waals surface area contributed by atoms with Gasteiger partial charge in [-0.1, -0.05) is 56.3 Å². The number of hydrogen-bond donors (Lipinski definition) is 1. The Morgan fingerprint density at radius 2 is 1.70 bits per heavy atom. The Bertz CT molecular complexity index is 575. The van der Waals surface area contributed by atoms with Crippen LogP contribution in [0.3, 0.4) is 0 Å². The fraction of sp³-hybridized carbons (Fsp3) is 0.333. The molecule has 106 valence electrons. The highest BCUT2D eigenvalue weighted by atomic mass is 19.1. The summed E-state index contributed by atoms with van der Waals surface area (Å²) in [5.74, 6) is -0.152. The molecule has 0 aromatic heterocycles. The van der Waals surface area contributed by atoms with E-state index in [1.807, 2.05) is 25.2 Å². The Kier molecular flexibility index (Phi) is 4.24. The summed E-state index contributed by atoms with van der Waals surface area (Å²) in [5.41, 5.74) is 2.98. The van der Waals surface area contributed by atoms with Crippen LogP contribution in [0.15, 0.2) is 48.5 Å². The van der Waals surface area contributed by atoms with Gasteiger partial charge >= 0.3 is 0 Å². The molecule has 0 amide bonds. The van der Waals surface area contributed by atoms with Gasteiger partial charge in [0.2, 0.25) is 0 Å². The SMILES string of the molecule is CNC(c1ccc(F)c(C)c1)C(C)(C)c1ccccc1. The second-order valence-corrected chi connectivity index (χ2v) is 5.82. The maximum atomic E-state index is 13.5. The van der Waals surface area contributed by atoms with Crippen molar-refractivity contribution < 1.29 is 4.39 Å². The summed E-state index contributed by atoms with van der Waals surface area (Å²) in [4.78, 5) is 0. The van der Waals surface area contributed by atoms with Crippen LogP contribution >= 0.6 is 0 Å². The van der Waals surface area contributed by atoms with Gasteiger partial charge in [-0.15, -0.1) is 0 Å². The maximum Gasteiger partial charge on any atom is 0.126 e. The lowest BCUT2D eigenvalue weighted by molar-refractivity contribution is 0.368. The van der Waals surface area contributed by atoms with Crippen molar-refractivity contribution >= 4 is 0 Å². The lowest BCUT2D eigenvalue weighted by atomic mass is 9.75. The molecule has 2 rings (SSSR count). The third-order valence-electron chi connectivity index (χ3n) is 4.04. The van der Waals surface area contributed by atoms with E-state index in [9.17, 15) is 4.39 Å². The molecule has 0 bridgehead atoms. The molecule has 2 aromatic carbocycles. The Hall–Kier alpha value is -1.67. The summed E-state index contributed by atoms with van der Waals surface area (Å²) >= 11 is 0. The van der Waals surface area contributed by atoms with Crippen LogP contribution in [-0.2, 0) is 5.41 Å². The molecule has 1 atom stereocenters. The van der Waals surface area contributed by atoms with Gasteiger partial charge in [0.25, 0.3) is 0 Å². The topological polar surface area (TPSA) is 12.0 Å². The van der Waals surface area contributed by atoms with Crippen molar-refractivity contribution in [2.75, 3.05) is 7.05 Å². The standard InChI is InChI=1S/C18H22FN/c1-13-12-14(10-11-16(13)19)17(20-4)18(2,3)15-8-6-5-7-9-15/h5-12,17,20H,1-4H3. The number of halogens is 1. The predicted molar refractivity (Wildman–Crippen MR) is 82.4 cm³/mol. The molecule has 20 heavy (non-hydrogen) atoms. The highest BCUT2D eigenvalue weighted by molar-refractivity contribution is 5.34. The van der Waals surface area contributed by atoms with Gasteiger partial charge in [-0.05, 0) is 36.7 Å². The van der Waals surface area contributed by atoms with E-state index in [1.165, 1.54) is 5.56 Å². The van der Waals surface area contributed by atoms with Gasteiger partial charge in [0.15, 0.2) is 0 Å². The van der Waals surface area contributed by atoms with Crippen LogP contribution in [-0.4, -0.2) is 7.05 Å². The van der Waals surface area contributed by atoms with E-state index in [4.69, 9.17) is 0 Å². The van der Waals surface area contributed by atoms with Crippen LogP contribution < -0.4 is 5.32 Å². The van der Waals surface area contributed by atoms with Crippen molar-refractivity contribution in [1.82, 2.24) is 5.32 Å². The molecule has 0 spiro atoms. The molecule has 1 N–H and O–H groups in total. The van der Waals surface area contributed by atoms with Crippen LogP contribution in [0.4, 0.5) is 4.39 Å². The predicted octanol–water partition coefficient (Wildman–Crippen LogP) is 4.37. The Labute approximate surface area is 120 Å². The summed E-state index contributed by atoms with van der Waals surface area (Å²) in [7, 11) is 1.95. The molecule has 0 aliphatic heterocycles. The molecular formula is C18H22FN. The maximum absolute atomic E-state index is 13.5. The van der Waals surface area contributed by atoms with Crippen molar-refractivity contribution in [3.8, 4) is 0 Å². The van der Waals surface area contributed by atoms with Gasteiger partial charge < -0.3 is 5.32 Å². The number of aryl methyl sites for hydroxylation is 1. The van der Waals surface area contributed by atoms with Crippen molar-refractivity contribution in [1.29, 1.82) is 0 Å². The fourth-order valence-electron chi connectivity index (χ4n) is 2.83. The third kappa shape index (κ3) is 2.75. The number of hydrogen-bond acceptors (Lipinski definition) is 1. The summed E-state index contributed by atoms with van der Waals surface area (Å²) in [6.07, 6.45) is 0. The van der Waals surface area contributed by atoms with Gasteiger partial charge in [-0.2, -0.15) is 0 Å². The second-order valence-electron chi connectivity index (χ2n) is 5.82. The first-order valence-corrected chi connectivity index (χ1v) is 6.95. The Morgan fingerprint density at radius 3 is 2.25 bits per heavy atom. The van der Waals surface area contributed by atoms with Crippen molar-refractivity contribution in [2.24, 2.45) is 0 Å². The molecule has 2 aromatic rings. The molecule has 0 aliphatic carbocycles. The minimum atomic E-state index is -0.152. The van der Waals surface area contributed by atoms with Crippen molar-refractivity contribution in [3.05, 3.63) is 71.0 Å². The summed E-state index contributed by atoms with van der Waals surface area (Å²) in [6, 6.07) is 15.9. The van der Waals surface area contributed by atoms with E-state index in [0.717, 1.165) is 5.56 Å². The minimum absolute atomic E-state index is 0.0831. The molecule has 2 heteroatoms. The Balaban J connectivity index is 2.43. The zero-order valence-electron chi connectivity index (χ0n) is 12.6. The highest BCUT2D eigenvalue weighted by Gasteiger charge is 2.31. The lowest BCUT2D eigenvalue weighted by Crippen LogP contribution is -2.35. The van der Waals surface area contributed by atoms with Crippen molar-refractivity contribution in [3.63, 3.8) is 0 Å². The zero-order chi connectivity index (χ0) is 14.8. The molecule has 0 heterocycles. The summed E-state index contributed by atoms with van der Waals surface area (Å²) in [5, 5.41) is 3.38. The number of nitrogens with one attached hydrogen (secondary N) is 1. The van der Waals surface area contributed by atoms with Crippen LogP contribution in [0.1, 0.15) is 36.6 Å². The molecule has 0 saturated carbocycles. The second kappa shape index (κ2) is 5.76. The van der Waals surface area contributed by atoms with Crippen LogP contribution in [0.25, 0.3) is 0 Å². The normalized spacial score (nSPS) is 13.2. The molecule has 1 unspecified atom stereocenters. The van der Waals surface area contributed by atoms with E-state index in [0.29, 0.717) is 5.56 Å².